The summed E-state index contributed by atoms with van der Waals surface area (Å²) in [6, 6.07) is 7.16. The first-order valence-electron chi connectivity index (χ1n) is 8.00. The van der Waals surface area contributed by atoms with Crippen molar-refractivity contribution in [2.45, 2.75) is 12.8 Å². The molecule has 0 unspecified atom stereocenters. The normalized spacial score (nSPS) is 13.3. The molecule has 1 aliphatic heterocycles. The van der Waals surface area contributed by atoms with Crippen LogP contribution in [-0.4, -0.2) is 25.2 Å². The van der Waals surface area contributed by atoms with E-state index in [9.17, 15) is 15.3 Å². The molecule has 0 saturated carbocycles. The van der Waals surface area contributed by atoms with Crippen LogP contribution >= 0.6 is 11.6 Å². The van der Waals surface area contributed by atoms with E-state index >= 15 is 0 Å². The molecule has 2 heterocycles. The SMILES string of the molecule is COc1cc(-c2c(C#N)c(N)[nH]c(=O)c2C#N)c(Cl)cc1N1CCCC1. The lowest BCUT2D eigenvalue weighted by Gasteiger charge is -2.22. The number of anilines is 2. The molecule has 3 rings (SSSR count). The molecule has 0 aliphatic carbocycles. The van der Waals surface area contributed by atoms with E-state index in [1.54, 1.807) is 12.1 Å². The second kappa shape index (κ2) is 6.99. The number of ether oxygens (including phenoxy) is 1. The Morgan fingerprint density at radius 3 is 2.46 bits per heavy atom. The summed E-state index contributed by atoms with van der Waals surface area (Å²) >= 11 is 6.48. The maximum absolute atomic E-state index is 12.1. The molecule has 0 radical (unpaired) electrons. The molecule has 0 spiro atoms. The van der Waals surface area contributed by atoms with Crippen molar-refractivity contribution in [1.29, 1.82) is 10.5 Å². The predicted octanol–water partition coefficient (Wildman–Crippen LogP) is 2.63. The first-order valence-corrected chi connectivity index (χ1v) is 8.38. The maximum Gasteiger partial charge on any atom is 0.268 e. The Bertz CT molecular complexity index is 1010. The average molecular weight is 370 g/mol. The number of nitrogen functional groups attached to an aromatic ring is 1. The number of methoxy groups -OCH3 is 1. The van der Waals surface area contributed by atoms with E-state index in [-0.39, 0.29) is 22.5 Å². The molecular formula is C18H16ClN5O2. The van der Waals surface area contributed by atoms with Crippen molar-refractivity contribution in [3.05, 3.63) is 38.6 Å². The van der Waals surface area contributed by atoms with E-state index < -0.39 is 5.56 Å². The van der Waals surface area contributed by atoms with Gasteiger partial charge in [-0.25, -0.2) is 0 Å². The van der Waals surface area contributed by atoms with Crippen LogP contribution in [0.1, 0.15) is 24.0 Å². The van der Waals surface area contributed by atoms with Gasteiger partial charge >= 0.3 is 0 Å². The summed E-state index contributed by atoms with van der Waals surface area (Å²) < 4.78 is 5.50. The lowest BCUT2D eigenvalue weighted by Crippen LogP contribution is -2.19. The number of nitrogens with zero attached hydrogens (tertiary/aromatic N) is 3. The van der Waals surface area contributed by atoms with Crippen LogP contribution in [0.5, 0.6) is 5.75 Å². The minimum Gasteiger partial charge on any atom is -0.495 e. The molecule has 0 bridgehead atoms. The van der Waals surface area contributed by atoms with Crippen molar-refractivity contribution in [2.75, 3.05) is 30.8 Å². The molecule has 8 heteroatoms. The summed E-state index contributed by atoms with van der Waals surface area (Å²) in [7, 11) is 1.54. The van der Waals surface area contributed by atoms with Crippen molar-refractivity contribution in [3.63, 3.8) is 0 Å². The highest BCUT2D eigenvalue weighted by molar-refractivity contribution is 6.34. The Morgan fingerprint density at radius 1 is 1.23 bits per heavy atom. The molecule has 2 aromatic rings. The fraction of sp³-hybridized carbons (Fsp3) is 0.278. The van der Waals surface area contributed by atoms with Gasteiger partial charge in [-0.15, -0.1) is 0 Å². The Kier molecular flexibility index (Phi) is 4.75. The molecule has 0 amide bonds. The first-order chi connectivity index (χ1) is 12.5. The molecule has 3 N–H and O–H groups in total. The Hall–Kier alpha value is -3.16. The van der Waals surface area contributed by atoms with Gasteiger partial charge in [0.15, 0.2) is 0 Å². The van der Waals surface area contributed by atoms with Crippen LogP contribution in [0.15, 0.2) is 16.9 Å². The van der Waals surface area contributed by atoms with Crippen molar-refractivity contribution < 1.29 is 4.74 Å². The number of hydrogen-bond donors (Lipinski definition) is 2. The van der Waals surface area contributed by atoms with Gasteiger partial charge in [0.2, 0.25) is 0 Å². The standard InChI is InChI=1S/C18H16ClN5O2/c1-26-15-6-10(13(19)7-14(15)24-4-2-3-5-24)16-11(8-20)17(22)23-18(25)12(16)9-21/h6-7H,2-5H2,1H3,(H3,22,23,25). The van der Waals surface area contributed by atoms with Gasteiger partial charge in [0.25, 0.3) is 5.56 Å². The number of aromatic amines is 1. The highest BCUT2D eigenvalue weighted by atomic mass is 35.5. The largest absolute Gasteiger partial charge is 0.495 e. The first kappa shape index (κ1) is 17.7. The predicted molar refractivity (Wildman–Crippen MR) is 99.4 cm³/mol. The Labute approximate surface area is 155 Å². The molecule has 1 aromatic heterocycles. The molecule has 26 heavy (non-hydrogen) atoms. The average Bonchev–Trinajstić information content (AvgIpc) is 3.15. The van der Waals surface area contributed by atoms with E-state index in [1.807, 2.05) is 12.1 Å². The van der Waals surface area contributed by atoms with Gasteiger partial charge in [0.05, 0.1) is 17.8 Å². The van der Waals surface area contributed by atoms with Crippen LogP contribution in [0.25, 0.3) is 11.1 Å². The zero-order chi connectivity index (χ0) is 18.8. The quantitative estimate of drug-likeness (QED) is 0.858. The monoisotopic (exact) mass is 369 g/mol. The molecule has 1 saturated heterocycles. The van der Waals surface area contributed by atoms with E-state index in [4.69, 9.17) is 22.1 Å². The number of nitrogens with one attached hydrogen (secondary N) is 1. The van der Waals surface area contributed by atoms with E-state index in [0.717, 1.165) is 31.6 Å². The fourth-order valence-electron chi connectivity index (χ4n) is 3.22. The number of hydrogen-bond acceptors (Lipinski definition) is 6. The van der Waals surface area contributed by atoms with Crippen LogP contribution in [0.2, 0.25) is 5.02 Å². The van der Waals surface area contributed by atoms with E-state index in [2.05, 4.69) is 9.88 Å². The summed E-state index contributed by atoms with van der Waals surface area (Å²) in [6.45, 7) is 1.80. The Balaban J connectivity index is 2.31. The minimum atomic E-state index is -0.669. The number of aromatic nitrogens is 1. The van der Waals surface area contributed by atoms with Gasteiger partial charge in [-0.05, 0) is 25.0 Å². The smallest absolute Gasteiger partial charge is 0.268 e. The minimum absolute atomic E-state index is 0.000902. The molecule has 132 valence electrons. The van der Waals surface area contributed by atoms with Gasteiger partial charge in [-0.2, -0.15) is 10.5 Å². The number of halogens is 1. The second-order valence-electron chi connectivity index (χ2n) is 5.91. The molecule has 1 aromatic carbocycles. The summed E-state index contributed by atoms with van der Waals surface area (Å²) in [4.78, 5) is 16.6. The summed E-state index contributed by atoms with van der Waals surface area (Å²) in [5.74, 6) is 0.447. The summed E-state index contributed by atoms with van der Waals surface area (Å²) in [6.07, 6.45) is 2.18. The zero-order valence-corrected chi connectivity index (χ0v) is 14.9. The Morgan fingerprint density at radius 2 is 1.88 bits per heavy atom. The number of pyridine rings is 1. The highest BCUT2D eigenvalue weighted by Crippen LogP contribution is 2.41. The van der Waals surface area contributed by atoms with Crippen molar-refractivity contribution in [2.24, 2.45) is 0 Å². The summed E-state index contributed by atoms with van der Waals surface area (Å²) in [5.41, 5.74) is 6.21. The van der Waals surface area contributed by atoms with Crippen LogP contribution in [0, 0.1) is 22.7 Å². The lowest BCUT2D eigenvalue weighted by molar-refractivity contribution is 0.415. The highest BCUT2D eigenvalue weighted by Gasteiger charge is 2.24. The zero-order valence-electron chi connectivity index (χ0n) is 14.1. The van der Waals surface area contributed by atoms with Gasteiger partial charge < -0.3 is 20.4 Å². The molecule has 1 fully saturated rings. The van der Waals surface area contributed by atoms with Crippen molar-refractivity contribution >= 4 is 23.1 Å². The van der Waals surface area contributed by atoms with Gasteiger partial charge in [-0.1, -0.05) is 11.6 Å². The van der Waals surface area contributed by atoms with Crippen LogP contribution in [0.3, 0.4) is 0 Å². The van der Waals surface area contributed by atoms with Crippen LogP contribution < -0.4 is 20.9 Å². The molecular weight excluding hydrogens is 354 g/mol. The maximum atomic E-state index is 12.1. The molecule has 0 atom stereocenters. The topological polar surface area (TPSA) is 119 Å². The number of nitriles is 2. The van der Waals surface area contributed by atoms with Crippen LogP contribution in [0.4, 0.5) is 11.5 Å². The van der Waals surface area contributed by atoms with Crippen molar-refractivity contribution in [3.8, 4) is 29.0 Å². The fourth-order valence-corrected chi connectivity index (χ4v) is 3.47. The number of rotatable bonds is 3. The third-order valence-electron chi connectivity index (χ3n) is 4.45. The lowest BCUT2D eigenvalue weighted by atomic mass is 9.96. The molecule has 7 nitrogen and oxygen atoms in total. The van der Waals surface area contributed by atoms with Gasteiger partial charge in [0.1, 0.15) is 34.8 Å². The van der Waals surface area contributed by atoms with Crippen LogP contribution in [-0.2, 0) is 0 Å². The number of nitrogens with two attached hydrogens (primary N) is 1. The van der Waals surface area contributed by atoms with Gasteiger partial charge in [0, 0.05) is 24.2 Å². The van der Waals surface area contributed by atoms with Crippen molar-refractivity contribution in [1.82, 2.24) is 4.98 Å². The second-order valence-corrected chi connectivity index (χ2v) is 6.32. The van der Waals surface area contributed by atoms with E-state index in [1.165, 1.54) is 7.11 Å². The third-order valence-corrected chi connectivity index (χ3v) is 4.77. The third kappa shape index (κ3) is 2.83. The summed E-state index contributed by atoms with van der Waals surface area (Å²) in [5, 5.41) is 19.2. The van der Waals surface area contributed by atoms with Gasteiger partial charge in [-0.3, -0.25) is 4.79 Å². The van der Waals surface area contributed by atoms with E-state index in [0.29, 0.717) is 16.3 Å². The number of benzene rings is 1. The number of H-pyrrole nitrogens is 1. The molecule has 1 aliphatic rings.